The maximum absolute atomic E-state index is 12.5. The number of halogens is 1. The summed E-state index contributed by atoms with van der Waals surface area (Å²) in [6.07, 6.45) is 0. The molecule has 5 nitrogen and oxygen atoms in total. The number of hydrogen-bond donors (Lipinski definition) is 2. The fourth-order valence-electron chi connectivity index (χ4n) is 2.29. The van der Waals surface area contributed by atoms with Gasteiger partial charge in [0.1, 0.15) is 0 Å². The van der Waals surface area contributed by atoms with Crippen molar-refractivity contribution in [2.75, 3.05) is 17.7 Å². The van der Waals surface area contributed by atoms with Crippen LogP contribution < -0.4 is 10.6 Å². The zero-order valence-electron chi connectivity index (χ0n) is 13.8. The molecule has 0 saturated carbocycles. The summed E-state index contributed by atoms with van der Waals surface area (Å²) in [7, 11) is 1.71. The third kappa shape index (κ3) is 4.49. The average Bonchev–Trinajstić information content (AvgIpc) is 2.53. The number of urea groups is 1. The van der Waals surface area contributed by atoms with Gasteiger partial charge in [0.2, 0.25) is 5.91 Å². The number of hydrogen-bond acceptors (Lipinski definition) is 2. The van der Waals surface area contributed by atoms with Gasteiger partial charge in [0, 0.05) is 30.4 Å². The third-order valence-electron chi connectivity index (χ3n) is 3.69. The number of benzene rings is 2. The SMILES string of the molecule is CC(=O)Nc1cccc(NC(=O)N(C)C(C)c2ccccc2Cl)c1. The molecule has 0 bridgehead atoms. The highest BCUT2D eigenvalue weighted by Gasteiger charge is 2.19. The second-order valence-electron chi connectivity index (χ2n) is 5.50. The van der Waals surface area contributed by atoms with Crippen molar-refractivity contribution in [1.82, 2.24) is 4.90 Å². The molecule has 0 fully saturated rings. The topological polar surface area (TPSA) is 61.4 Å². The number of anilines is 2. The van der Waals surface area contributed by atoms with E-state index in [2.05, 4.69) is 10.6 Å². The van der Waals surface area contributed by atoms with Gasteiger partial charge in [-0.05, 0) is 36.8 Å². The third-order valence-corrected chi connectivity index (χ3v) is 4.04. The first kappa shape index (κ1) is 17.8. The van der Waals surface area contributed by atoms with Crippen molar-refractivity contribution in [3.8, 4) is 0 Å². The summed E-state index contributed by atoms with van der Waals surface area (Å²) >= 11 is 6.20. The minimum absolute atomic E-state index is 0.164. The molecule has 2 rings (SSSR count). The molecular formula is C18H20ClN3O2. The molecule has 6 heteroatoms. The van der Waals surface area contributed by atoms with E-state index in [-0.39, 0.29) is 18.0 Å². The predicted octanol–water partition coefficient (Wildman–Crippen LogP) is 4.52. The van der Waals surface area contributed by atoms with Crippen LogP contribution in [0.1, 0.15) is 25.5 Å². The van der Waals surface area contributed by atoms with Gasteiger partial charge in [-0.3, -0.25) is 4.79 Å². The zero-order valence-corrected chi connectivity index (χ0v) is 14.6. The van der Waals surface area contributed by atoms with Crippen LogP contribution in [0, 0.1) is 0 Å². The summed E-state index contributed by atoms with van der Waals surface area (Å²) in [6, 6.07) is 14.0. The summed E-state index contributed by atoms with van der Waals surface area (Å²) in [6.45, 7) is 3.35. The Hall–Kier alpha value is -2.53. The summed E-state index contributed by atoms with van der Waals surface area (Å²) in [5, 5.41) is 6.12. The number of amides is 3. The summed E-state index contributed by atoms with van der Waals surface area (Å²) in [4.78, 5) is 25.1. The molecule has 2 N–H and O–H groups in total. The molecule has 0 radical (unpaired) electrons. The van der Waals surface area contributed by atoms with Crippen molar-refractivity contribution < 1.29 is 9.59 Å². The molecule has 0 aliphatic carbocycles. The van der Waals surface area contributed by atoms with Crippen LogP contribution in [0.15, 0.2) is 48.5 Å². The highest BCUT2D eigenvalue weighted by Crippen LogP contribution is 2.26. The zero-order chi connectivity index (χ0) is 17.7. The lowest BCUT2D eigenvalue weighted by atomic mass is 10.1. The van der Waals surface area contributed by atoms with Crippen LogP contribution in [0.4, 0.5) is 16.2 Å². The second kappa shape index (κ2) is 7.84. The van der Waals surface area contributed by atoms with Crippen molar-refractivity contribution in [1.29, 1.82) is 0 Å². The molecule has 0 spiro atoms. The maximum atomic E-state index is 12.5. The molecule has 0 heterocycles. The van der Waals surface area contributed by atoms with Crippen LogP contribution in [-0.2, 0) is 4.79 Å². The Kier molecular flexibility index (Phi) is 5.82. The fourth-order valence-corrected chi connectivity index (χ4v) is 2.58. The van der Waals surface area contributed by atoms with E-state index >= 15 is 0 Å². The van der Waals surface area contributed by atoms with E-state index in [1.54, 1.807) is 42.3 Å². The standard InChI is InChI=1S/C18H20ClN3O2/c1-12(16-9-4-5-10-17(16)19)22(3)18(24)21-15-8-6-7-14(11-15)20-13(2)23/h4-12H,1-3H3,(H,20,23)(H,21,24). The molecule has 0 aliphatic heterocycles. The second-order valence-corrected chi connectivity index (χ2v) is 5.91. The van der Waals surface area contributed by atoms with E-state index in [1.165, 1.54) is 6.92 Å². The van der Waals surface area contributed by atoms with Crippen LogP contribution in [0.5, 0.6) is 0 Å². The smallest absolute Gasteiger partial charge is 0.322 e. The Morgan fingerprint density at radius 3 is 2.29 bits per heavy atom. The molecule has 1 unspecified atom stereocenters. The number of nitrogens with one attached hydrogen (secondary N) is 2. The Morgan fingerprint density at radius 1 is 1.04 bits per heavy atom. The molecule has 2 aromatic carbocycles. The lowest BCUT2D eigenvalue weighted by Crippen LogP contribution is -2.33. The first-order valence-electron chi connectivity index (χ1n) is 7.54. The highest BCUT2D eigenvalue weighted by atomic mass is 35.5. The van der Waals surface area contributed by atoms with Crippen molar-refractivity contribution in [2.45, 2.75) is 19.9 Å². The van der Waals surface area contributed by atoms with Gasteiger partial charge in [0.15, 0.2) is 0 Å². The Bertz CT molecular complexity index is 749. The molecule has 0 aromatic heterocycles. The maximum Gasteiger partial charge on any atom is 0.322 e. The molecule has 0 saturated heterocycles. The van der Waals surface area contributed by atoms with Gasteiger partial charge >= 0.3 is 6.03 Å². The molecule has 2 aromatic rings. The Labute approximate surface area is 146 Å². The minimum atomic E-state index is -0.262. The van der Waals surface area contributed by atoms with Gasteiger partial charge in [0.25, 0.3) is 0 Å². The molecule has 24 heavy (non-hydrogen) atoms. The van der Waals surface area contributed by atoms with Crippen LogP contribution in [0.3, 0.4) is 0 Å². The van der Waals surface area contributed by atoms with E-state index in [9.17, 15) is 9.59 Å². The predicted molar refractivity (Wildman–Crippen MR) is 97.4 cm³/mol. The van der Waals surface area contributed by atoms with Crippen LogP contribution in [-0.4, -0.2) is 23.9 Å². The number of rotatable bonds is 4. The lowest BCUT2D eigenvalue weighted by Gasteiger charge is -2.26. The first-order valence-corrected chi connectivity index (χ1v) is 7.92. The van der Waals surface area contributed by atoms with Crippen LogP contribution in [0.2, 0.25) is 5.02 Å². The van der Waals surface area contributed by atoms with Crippen molar-refractivity contribution >= 4 is 34.9 Å². The number of carbonyl (C=O) groups is 2. The van der Waals surface area contributed by atoms with Crippen molar-refractivity contribution in [2.24, 2.45) is 0 Å². The number of carbonyl (C=O) groups excluding carboxylic acids is 2. The lowest BCUT2D eigenvalue weighted by molar-refractivity contribution is -0.114. The van der Waals surface area contributed by atoms with Gasteiger partial charge < -0.3 is 15.5 Å². The quantitative estimate of drug-likeness (QED) is 0.855. The number of nitrogens with zero attached hydrogens (tertiary/aromatic N) is 1. The molecular weight excluding hydrogens is 326 g/mol. The van der Waals surface area contributed by atoms with Crippen LogP contribution >= 0.6 is 11.6 Å². The summed E-state index contributed by atoms with van der Waals surface area (Å²) in [5.41, 5.74) is 2.11. The van der Waals surface area contributed by atoms with Crippen molar-refractivity contribution in [3.63, 3.8) is 0 Å². The fraction of sp³-hybridized carbons (Fsp3) is 0.222. The van der Waals surface area contributed by atoms with Gasteiger partial charge in [-0.1, -0.05) is 35.9 Å². The van der Waals surface area contributed by atoms with Crippen molar-refractivity contribution in [3.05, 3.63) is 59.1 Å². The van der Waals surface area contributed by atoms with E-state index < -0.39 is 0 Å². The van der Waals surface area contributed by atoms with E-state index in [0.29, 0.717) is 16.4 Å². The molecule has 1 atom stereocenters. The molecule has 3 amide bonds. The largest absolute Gasteiger partial charge is 0.326 e. The summed E-state index contributed by atoms with van der Waals surface area (Å²) in [5.74, 6) is -0.164. The van der Waals surface area contributed by atoms with E-state index in [4.69, 9.17) is 11.6 Å². The van der Waals surface area contributed by atoms with Crippen LogP contribution in [0.25, 0.3) is 0 Å². The van der Waals surface area contributed by atoms with Gasteiger partial charge in [-0.2, -0.15) is 0 Å². The van der Waals surface area contributed by atoms with Gasteiger partial charge in [-0.25, -0.2) is 4.79 Å². The summed E-state index contributed by atoms with van der Waals surface area (Å²) < 4.78 is 0. The van der Waals surface area contributed by atoms with Gasteiger partial charge in [0.05, 0.1) is 6.04 Å². The minimum Gasteiger partial charge on any atom is -0.326 e. The highest BCUT2D eigenvalue weighted by molar-refractivity contribution is 6.31. The monoisotopic (exact) mass is 345 g/mol. The average molecular weight is 346 g/mol. The Balaban J connectivity index is 2.09. The Morgan fingerprint density at radius 2 is 1.67 bits per heavy atom. The van der Waals surface area contributed by atoms with E-state index in [1.807, 2.05) is 25.1 Å². The van der Waals surface area contributed by atoms with E-state index in [0.717, 1.165) is 5.56 Å². The van der Waals surface area contributed by atoms with Gasteiger partial charge in [-0.15, -0.1) is 0 Å². The molecule has 0 aliphatic rings. The molecule has 126 valence electrons. The first-order chi connectivity index (χ1) is 11.4. The normalized spacial score (nSPS) is 11.5.